The van der Waals surface area contributed by atoms with Crippen molar-refractivity contribution >= 4 is 11.0 Å². The Labute approximate surface area is 143 Å². The Hall–Kier alpha value is -3.25. The van der Waals surface area contributed by atoms with E-state index in [1.165, 1.54) is 4.80 Å². The van der Waals surface area contributed by atoms with E-state index in [1.807, 2.05) is 48.5 Å². The molecule has 0 atom stereocenters. The van der Waals surface area contributed by atoms with E-state index in [9.17, 15) is 9.90 Å². The van der Waals surface area contributed by atoms with Crippen molar-refractivity contribution in [2.75, 3.05) is 0 Å². The van der Waals surface area contributed by atoms with Crippen LogP contribution in [0.2, 0.25) is 0 Å². The predicted molar refractivity (Wildman–Crippen MR) is 93.5 cm³/mol. The fraction of sp³-hybridized carbons (Fsp3) is 0.105. The molecule has 0 bridgehead atoms. The maximum atomic E-state index is 12.3. The Morgan fingerprint density at radius 1 is 1.08 bits per heavy atom. The molecule has 0 aliphatic heterocycles. The van der Waals surface area contributed by atoms with Crippen LogP contribution in [0.3, 0.4) is 0 Å². The number of hydrogen-bond acceptors (Lipinski definition) is 5. The zero-order valence-electron chi connectivity index (χ0n) is 13.5. The van der Waals surface area contributed by atoms with E-state index in [1.54, 1.807) is 13.0 Å². The Balaban J connectivity index is 1.83. The third kappa shape index (κ3) is 2.72. The van der Waals surface area contributed by atoms with E-state index in [-0.39, 0.29) is 6.61 Å². The highest BCUT2D eigenvalue weighted by molar-refractivity contribution is 5.83. The lowest BCUT2D eigenvalue weighted by atomic mass is 10.1. The first-order valence-electron chi connectivity index (χ1n) is 7.83. The zero-order chi connectivity index (χ0) is 17.4. The molecule has 25 heavy (non-hydrogen) atoms. The van der Waals surface area contributed by atoms with Gasteiger partial charge in [0.1, 0.15) is 11.3 Å². The number of aromatic nitrogens is 3. The third-order valence-corrected chi connectivity index (χ3v) is 4.06. The van der Waals surface area contributed by atoms with E-state index in [0.717, 1.165) is 10.9 Å². The minimum Gasteiger partial charge on any atom is -0.422 e. The molecule has 6 nitrogen and oxygen atoms in total. The van der Waals surface area contributed by atoms with Gasteiger partial charge in [0.25, 0.3) is 0 Å². The first-order chi connectivity index (χ1) is 12.2. The third-order valence-electron chi connectivity index (χ3n) is 4.06. The molecule has 0 aliphatic carbocycles. The standard InChI is InChI=1S/C19H15N3O3/c1-12-17(11-23)21-22(20-12)15-8-7-14-9-16(13-5-3-2-4-6-13)19(24)25-18(14)10-15/h2-10,23H,11H2,1H3. The van der Waals surface area contributed by atoms with Crippen LogP contribution in [0.15, 0.2) is 63.8 Å². The van der Waals surface area contributed by atoms with Crippen molar-refractivity contribution in [3.05, 3.63) is 76.4 Å². The second-order valence-electron chi connectivity index (χ2n) is 5.72. The smallest absolute Gasteiger partial charge is 0.344 e. The summed E-state index contributed by atoms with van der Waals surface area (Å²) in [5.74, 6) is 0. The monoisotopic (exact) mass is 333 g/mol. The van der Waals surface area contributed by atoms with Crippen LogP contribution < -0.4 is 5.63 Å². The molecule has 6 heteroatoms. The van der Waals surface area contributed by atoms with Crippen molar-refractivity contribution < 1.29 is 9.52 Å². The van der Waals surface area contributed by atoms with Gasteiger partial charge in [-0.05, 0) is 30.7 Å². The number of fused-ring (bicyclic) bond motifs is 1. The summed E-state index contributed by atoms with van der Waals surface area (Å²) in [7, 11) is 0. The molecule has 124 valence electrons. The van der Waals surface area contributed by atoms with E-state index < -0.39 is 5.63 Å². The predicted octanol–water partition coefficient (Wildman–Crippen LogP) is 2.84. The molecule has 0 saturated carbocycles. The average molecular weight is 333 g/mol. The molecule has 2 heterocycles. The van der Waals surface area contributed by atoms with Crippen LogP contribution in [0, 0.1) is 6.92 Å². The average Bonchev–Trinajstić information content (AvgIpc) is 3.02. The van der Waals surface area contributed by atoms with Gasteiger partial charge in [-0.15, -0.1) is 0 Å². The number of aryl methyl sites for hydroxylation is 1. The van der Waals surface area contributed by atoms with Crippen LogP contribution >= 0.6 is 0 Å². The second kappa shape index (κ2) is 5.99. The lowest BCUT2D eigenvalue weighted by Crippen LogP contribution is -2.04. The molecule has 0 unspecified atom stereocenters. The molecule has 0 radical (unpaired) electrons. The number of benzene rings is 2. The van der Waals surface area contributed by atoms with E-state index in [2.05, 4.69) is 10.2 Å². The number of aliphatic hydroxyl groups excluding tert-OH is 1. The Morgan fingerprint density at radius 3 is 2.60 bits per heavy atom. The highest BCUT2D eigenvalue weighted by Gasteiger charge is 2.11. The molecule has 0 fully saturated rings. The molecule has 0 spiro atoms. The van der Waals surface area contributed by atoms with Gasteiger partial charge in [0.2, 0.25) is 0 Å². The minimum atomic E-state index is -0.392. The van der Waals surface area contributed by atoms with Gasteiger partial charge in [-0.2, -0.15) is 15.0 Å². The van der Waals surface area contributed by atoms with Gasteiger partial charge in [0.05, 0.1) is 23.6 Å². The number of aliphatic hydroxyl groups is 1. The van der Waals surface area contributed by atoms with Gasteiger partial charge in [0.15, 0.2) is 0 Å². The van der Waals surface area contributed by atoms with Gasteiger partial charge in [-0.1, -0.05) is 30.3 Å². The van der Waals surface area contributed by atoms with Crippen molar-refractivity contribution in [3.63, 3.8) is 0 Å². The van der Waals surface area contributed by atoms with Gasteiger partial charge in [-0.25, -0.2) is 4.79 Å². The van der Waals surface area contributed by atoms with Crippen molar-refractivity contribution in [3.8, 4) is 16.8 Å². The van der Waals surface area contributed by atoms with Crippen molar-refractivity contribution in [1.29, 1.82) is 0 Å². The summed E-state index contributed by atoms with van der Waals surface area (Å²) < 4.78 is 5.50. The van der Waals surface area contributed by atoms with E-state index in [0.29, 0.717) is 28.2 Å². The lowest BCUT2D eigenvalue weighted by Gasteiger charge is -2.04. The van der Waals surface area contributed by atoms with E-state index >= 15 is 0 Å². The number of nitrogens with zero attached hydrogens (tertiary/aromatic N) is 3. The van der Waals surface area contributed by atoms with Crippen LogP contribution in [0.25, 0.3) is 27.8 Å². The van der Waals surface area contributed by atoms with Crippen LogP contribution in [-0.2, 0) is 6.61 Å². The molecule has 0 amide bonds. The number of rotatable bonds is 3. The molecule has 2 aromatic heterocycles. The number of hydrogen-bond donors (Lipinski definition) is 1. The van der Waals surface area contributed by atoms with Crippen LogP contribution in [-0.4, -0.2) is 20.1 Å². The molecule has 0 saturated heterocycles. The molecule has 0 aliphatic rings. The lowest BCUT2D eigenvalue weighted by molar-refractivity contribution is 0.275. The first kappa shape index (κ1) is 15.3. The van der Waals surface area contributed by atoms with Gasteiger partial charge in [-0.3, -0.25) is 0 Å². The Bertz CT molecular complexity index is 1110. The second-order valence-corrected chi connectivity index (χ2v) is 5.72. The van der Waals surface area contributed by atoms with Crippen LogP contribution in [0.4, 0.5) is 0 Å². The first-order valence-corrected chi connectivity index (χ1v) is 7.83. The fourth-order valence-electron chi connectivity index (χ4n) is 2.71. The van der Waals surface area contributed by atoms with Crippen molar-refractivity contribution in [1.82, 2.24) is 15.0 Å². The zero-order valence-corrected chi connectivity index (χ0v) is 13.5. The van der Waals surface area contributed by atoms with E-state index in [4.69, 9.17) is 4.42 Å². The topological polar surface area (TPSA) is 81.2 Å². The van der Waals surface area contributed by atoms with Gasteiger partial charge in [0, 0.05) is 11.5 Å². The summed E-state index contributed by atoms with van der Waals surface area (Å²) in [4.78, 5) is 13.8. The molecule has 4 aromatic rings. The molecule has 1 N–H and O–H groups in total. The Morgan fingerprint density at radius 2 is 1.88 bits per heavy atom. The fourth-order valence-corrected chi connectivity index (χ4v) is 2.71. The summed E-state index contributed by atoms with van der Waals surface area (Å²) in [6, 6.07) is 16.7. The summed E-state index contributed by atoms with van der Waals surface area (Å²) in [6.07, 6.45) is 0. The molecular formula is C19H15N3O3. The normalized spacial score (nSPS) is 11.1. The Kier molecular flexibility index (Phi) is 3.66. The van der Waals surface area contributed by atoms with Gasteiger partial charge < -0.3 is 9.52 Å². The molecule has 4 rings (SSSR count). The quantitative estimate of drug-likeness (QED) is 0.583. The van der Waals surface area contributed by atoms with Crippen molar-refractivity contribution in [2.45, 2.75) is 13.5 Å². The van der Waals surface area contributed by atoms with Crippen LogP contribution in [0.5, 0.6) is 0 Å². The summed E-state index contributed by atoms with van der Waals surface area (Å²) in [5.41, 5.74) is 3.24. The highest BCUT2D eigenvalue weighted by Crippen LogP contribution is 2.22. The van der Waals surface area contributed by atoms with Crippen molar-refractivity contribution in [2.24, 2.45) is 0 Å². The molecular weight excluding hydrogens is 318 g/mol. The summed E-state index contributed by atoms with van der Waals surface area (Å²) in [6.45, 7) is 1.61. The summed E-state index contributed by atoms with van der Waals surface area (Å²) in [5, 5.41) is 18.6. The highest BCUT2D eigenvalue weighted by atomic mass is 16.4. The van der Waals surface area contributed by atoms with Crippen LogP contribution in [0.1, 0.15) is 11.4 Å². The summed E-state index contributed by atoms with van der Waals surface area (Å²) >= 11 is 0. The maximum absolute atomic E-state index is 12.3. The SMILES string of the molecule is Cc1nn(-c2ccc3cc(-c4ccccc4)c(=O)oc3c2)nc1CO. The largest absolute Gasteiger partial charge is 0.422 e. The van der Waals surface area contributed by atoms with Gasteiger partial charge >= 0.3 is 5.63 Å². The minimum absolute atomic E-state index is 0.172. The maximum Gasteiger partial charge on any atom is 0.344 e. The molecule has 2 aromatic carbocycles.